The van der Waals surface area contributed by atoms with E-state index >= 15 is 0 Å². The van der Waals surface area contributed by atoms with Crippen molar-refractivity contribution in [2.24, 2.45) is 0 Å². The Hall–Kier alpha value is -1.40. The number of nitrogens with zero attached hydrogens (tertiary/aromatic N) is 1. The van der Waals surface area contributed by atoms with Gasteiger partial charge in [0.2, 0.25) is 0 Å². The molecule has 1 heterocycles. The van der Waals surface area contributed by atoms with E-state index in [0.29, 0.717) is 21.6 Å². The van der Waals surface area contributed by atoms with E-state index in [1.165, 1.54) is 0 Å². The SMILES string of the molecule is COc1ccc(Br)c(NC(=O)c2cccnc2Br)c1. The number of hydrogen-bond donors (Lipinski definition) is 1. The fourth-order valence-electron chi connectivity index (χ4n) is 1.47. The molecule has 0 aliphatic heterocycles. The average molecular weight is 386 g/mol. The molecule has 1 N–H and O–H groups in total. The molecule has 4 nitrogen and oxygen atoms in total. The first-order valence-corrected chi connectivity index (χ1v) is 6.96. The molecule has 19 heavy (non-hydrogen) atoms. The van der Waals surface area contributed by atoms with E-state index in [1.807, 2.05) is 6.07 Å². The highest BCUT2D eigenvalue weighted by atomic mass is 79.9. The predicted molar refractivity (Wildman–Crippen MR) is 80.6 cm³/mol. The lowest BCUT2D eigenvalue weighted by molar-refractivity contribution is 0.102. The van der Waals surface area contributed by atoms with Gasteiger partial charge in [-0.15, -0.1) is 0 Å². The van der Waals surface area contributed by atoms with Crippen molar-refractivity contribution in [3.05, 3.63) is 51.2 Å². The van der Waals surface area contributed by atoms with E-state index in [1.54, 1.807) is 37.6 Å². The number of halogens is 2. The van der Waals surface area contributed by atoms with Crippen LogP contribution in [0.15, 0.2) is 45.6 Å². The highest BCUT2D eigenvalue weighted by Gasteiger charge is 2.12. The fourth-order valence-corrected chi connectivity index (χ4v) is 2.25. The summed E-state index contributed by atoms with van der Waals surface area (Å²) in [5, 5.41) is 2.81. The number of nitrogens with one attached hydrogen (secondary N) is 1. The van der Waals surface area contributed by atoms with E-state index in [-0.39, 0.29) is 5.91 Å². The van der Waals surface area contributed by atoms with E-state index in [9.17, 15) is 4.79 Å². The van der Waals surface area contributed by atoms with E-state index in [2.05, 4.69) is 42.2 Å². The summed E-state index contributed by atoms with van der Waals surface area (Å²) >= 11 is 6.63. The van der Waals surface area contributed by atoms with Crippen molar-refractivity contribution >= 4 is 43.5 Å². The van der Waals surface area contributed by atoms with Crippen LogP contribution in [0.1, 0.15) is 10.4 Å². The molecule has 0 atom stereocenters. The molecule has 0 spiro atoms. The Morgan fingerprint density at radius 3 is 2.79 bits per heavy atom. The Morgan fingerprint density at radius 2 is 2.11 bits per heavy atom. The van der Waals surface area contributed by atoms with Gasteiger partial charge in [-0.2, -0.15) is 0 Å². The van der Waals surface area contributed by atoms with Gasteiger partial charge in [0.05, 0.1) is 18.4 Å². The first-order chi connectivity index (χ1) is 9.11. The number of methoxy groups -OCH3 is 1. The Kier molecular flexibility index (Phi) is 4.55. The predicted octanol–water partition coefficient (Wildman–Crippen LogP) is 3.87. The van der Waals surface area contributed by atoms with E-state index in [4.69, 9.17) is 4.74 Å². The van der Waals surface area contributed by atoms with Gasteiger partial charge in [-0.05, 0) is 56.1 Å². The molecule has 1 amide bonds. The molecule has 2 aromatic rings. The van der Waals surface area contributed by atoms with Crippen LogP contribution in [0.4, 0.5) is 5.69 Å². The second kappa shape index (κ2) is 6.16. The van der Waals surface area contributed by atoms with Crippen molar-refractivity contribution < 1.29 is 9.53 Å². The third-order valence-corrected chi connectivity index (χ3v) is 3.75. The van der Waals surface area contributed by atoms with Crippen molar-refractivity contribution in [1.29, 1.82) is 0 Å². The summed E-state index contributed by atoms with van der Waals surface area (Å²) in [6, 6.07) is 8.76. The second-order valence-corrected chi connectivity index (χ2v) is 5.25. The van der Waals surface area contributed by atoms with Gasteiger partial charge in [-0.3, -0.25) is 4.79 Å². The zero-order chi connectivity index (χ0) is 13.8. The summed E-state index contributed by atoms with van der Waals surface area (Å²) in [5.41, 5.74) is 1.11. The third kappa shape index (κ3) is 3.33. The smallest absolute Gasteiger partial charge is 0.258 e. The number of aromatic nitrogens is 1. The van der Waals surface area contributed by atoms with Gasteiger partial charge >= 0.3 is 0 Å². The highest BCUT2D eigenvalue weighted by molar-refractivity contribution is 9.10. The minimum absolute atomic E-state index is 0.242. The maximum atomic E-state index is 12.1. The van der Waals surface area contributed by atoms with Gasteiger partial charge in [-0.25, -0.2) is 4.98 Å². The molecule has 0 bridgehead atoms. The van der Waals surface area contributed by atoms with Gasteiger partial charge in [0.1, 0.15) is 10.4 Å². The minimum atomic E-state index is -0.242. The van der Waals surface area contributed by atoms with Gasteiger partial charge in [-0.1, -0.05) is 0 Å². The van der Waals surface area contributed by atoms with Gasteiger partial charge in [0.15, 0.2) is 0 Å². The van der Waals surface area contributed by atoms with Crippen LogP contribution in [0.2, 0.25) is 0 Å². The van der Waals surface area contributed by atoms with Gasteiger partial charge < -0.3 is 10.1 Å². The molecule has 0 aliphatic rings. The van der Waals surface area contributed by atoms with Crippen LogP contribution in [0.5, 0.6) is 5.75 Å². The van der Waals surface area contributed by atoms with E-state index in [0.717, 1.165) is 4.47 Å². The summed E-state index contributed by atoms with van der Waals surface area (Å²) in [4.78, 5) is 16.2. The van der Waals surface area contributed by atoms with Crippen molar-refractivity contribution in [2.45, 2.75) is 0 Å². The summed E-state index contributed by atoms with van der Waals surface area (Å²) < 4.78 is 6.41. The van der Waals surface area contributed by atoms with Crippen LogP contribution in [-0.2, 0) is 0 Å². The number of ether oxygens (including phenoxy) is 1. The van der Waals surface area contributed by atoms with Crippen LogP contribution < -0.4 is 10.1 Å². The molecule has 1 aromatic carbocycles. The number of anilines is 1. The molecule has 0 aliphatic carbocycles. The number of carbonyl (C=O) groups is 1. The van der Waals surface area contributed by atoms with Gasteiger partial charge in [0.25, 0.3) is 5.91 Å². The topological polar surface area (TPSA) is 51.2 Å². The molecule has 0 saturated heterocycles. The van der Waals surface area contributed by atoms with Crippen LogP contribution in [-0.4, -0.2) is 18.0 Å². The number of rotatable bonds is 3. The number of amides is 1. The number of benzene rings is 1. The van der Waals surface area contributed by atoms with Crippen molar-refractivity contribution in [2.75, 3.05) is 12.4 Å². The summed E-state index contributed by atoms with van der Waals surface area (Å²) in [5.74, 6) is 0.428. The molecule has 6 heteroatoms. The summed E-state index contributed by atoms with van der Waals surface area (Å²) in [7, 11) is 1.58. The van der Waals surface area contributed by atoms with Crippen molar-refractivity contribution in [1.82, 2.24) is 4.98 Å². The summed E-state index contributed by atoms with van der Waals surface area (Å²) in [6.07, 6.45) is 1.61. The zero-order valence-electron chi connectivity index (χ0n) is 9.98. The molecule has 0 radical (unpaired) electrons. The minimum Gasteiger partial charge on any atom is -0.497 e. The van der Waals surface area contributed by atoms with Crippen molar-refractivity contribution in [3.8, 4) is 5.75 Å². The first kappa shape index (κ1) is 14.0. The average Bonchev–Trinajstić information content (AvgIpc) is 2.41. The third-order valence-electron chi connectivity index (χ3n) is 2.43. The maximum absolute atomic E-state index is 12.1. The molecule has 0 fully saturated rings. The molecule has 1 aromatic heterocycles. The van der Waals surface area contributed by atoms with Crippen LogP contribution in [0.3, 0.4) is 0 Å². The Morgan fingerprint density at radius 1 is 1.32 bits per heavy atom. The fraction of sp³-hybridized carbons (Fsp3) is 0.0769. The Bertz CT molecular complexity index is 617. The number of carbonyl (C=O) groups excluding carboxylic acids is 1. The number of hydrogen-bond acceptors (Lipinski definition) is 3. The van der Waals surface area contributed by atoms with Crippen LogP contribution >= 0.6 is 31.9 Å². The van der Waals surface area contributed by atoms with Gasteiger partial charge in [0, 0.05) is 16.7 Å². The molecule has 0 unspecified atom stereocenters. The zero-order valence-corrected chi connectivity index (χ0v) is 13.2. The first-order valence-electron chi connectivity index (χ1n) is 5.37. The molecular weight excluding hydrogens is 376 g/mol. The highest BCUT2D eigenvalue weighted by Crippen LogP contribution is 2.28. The quantitative estimate of drug-likeness (QED) is 0.816. The number of pyridine rings is 1. The maximum Gasteiger partial charge on any atom is 0.258 e. The lowest BCUT2D eigenvalue weighted by atomic mass is 10.2. The van der Waals surface area contributed by atoms with Crippen LogP contribution in [0, 0.1) is 0 Å². The lowest BCUT2D eigenvalue weighted by Gasteiger charge is -2.09. The van der Waals surface area contributed by atoms with Crippen LogP contribution in [0.25, 0.3) is 0 Å². The largest absolute Gasteiger partial charge is 0.497 e. The summed E-state index contributed by atoms with van der Waals surface area (Å²) in [6.45, 7) is 0. The van der Waals surface area contributed by atoms with Crippen molar-refractivity contribution in [3.63, 3.8) is 0 Å². The lowest BCUT2D eigenvalue weighted by Crippen LogP contribution is -2.13. The monoisotopic (exact) mass is 384 g/mol. The molecule has 98 valence electrons. The molecule has 0 saturated carbocycles. The molecule has 2 rings (SSSR count). The second-order valence-electron chi connectivity index (χ2n) is 3.64. The Labute approximate surface area is 127 Å². The Balaban J connectivity index is 2.26. The standard InChI is InChI=1S/C13H10Br2N2O2/c1-19-8-4-5-10(14)11(7-8)17-13(18)9-3-2-6-16-12(9)15/h2-7H,1H3,(H,17,18). The molecular formula is C13H10Br2N2O2. The normalized spacial score (nSPS) is 10.1. The van der Waals surface area contributed by atoms with E-state index < -0.39 is 0 Å².